The number of nitrogens with zero attached hydrogens (tertiary/aromatic N) is 1. The van der Waals surface area contributed by atoms with Crippen LogP contribution in [0.15, 0.2) is 30.3 Å². The maximum atomic E-state index is 9.87. The van der Waals surface area contributed by atoms with Crippen molar-refractivity contribution in [3.05, 3.63) is 35.9 Å². The van der Waals surface area contributed by atoms with E-state index < -0.39 is 0 Å². The lowest BCUT2D eigenvalue weighted by Crippen LogP contribution is -2.25. The average Bonchev–Trinajstić information content (AvgIpc) is 3.06. The SMILES string of the molecule is OC1CCCC1CCN1CCC(c2ccccc2)C1. The smallest absolute Gasteiger partial charge is 0.0568 e. The molecular formula is C17H25NO. The zero-order valence-electron chi connectivity index (χ0n) is 11.7. The molecule has 2 nitrogen and oxygen atoms in total. The van der Waals surface area contributed by atoms with Gasteiger partial charge in [0.05, 0.1) is 6.10 Å². The van der Waals surface area contributed by atoms with E-state index >= 15 is 0 Å². The van der Waals surface area contributed by atoms with Crippen LogP contribution in [-0.2, 0) is 0 Å². The number of hydrogen-bond donors (Lipinski definition) is 1. The molecule has 1 aromatic carbocycles. The molecule has 19 heavy (non-hydrogen) atoms. The highest BCUT2D eigenvalue weighted by Gasteiger charge is 2.28. The van der Waals surface area contributed by atoms with Crippen LogP contribution in [0.1, 0.15) is 43.6 Å². The first kappa shape index (κ1) is 13.1. The Morgan fingerprint density at radius 1 is 1.11 bits per heavy atom. The Labute approximate surface area is 116 Å². The van der Waals surface area contributed by atoms with E-state index in [1.54, 1.807) is 0 Å². The normalized spacial score (nSPS) is 31.9. The zero-order valence-corrected chi connectivity index (χ0v) is 11.7. The van der Waals surface area contributed by atoms with Crippen LogP contribution >= 0.6 is 0 Å². The largest absolute Gasteiger partial charge is 0.393 e. The molecule has 1 saturated carbocycles. The molecule has 104 valence electrons. The molecule has 0 bridgehead atoms. The van der Waals surface area contributed by atoms with Gasteiger partial charge in [-0.25, -0.2) is 0 Å². The van der Waals surface area contributed by atoms with Gasteiger partial charge in [0.2, 0.25) is 0 Å². The summed E-state index contributed by atoms with van der Waals surface area (Å²) in [6, 6.07) is 10.9. The van der Waals surface area contributed by atoms with Crippen molar-refractivity contribution in [3.63, 3.8) is 0 Å². The molecule has 1 aromatic rings. The summed E-state index contributed by atoms with van der Waals surface area (Å²) in [5, 5.41) is 9.87. The lowest BCUT2D eigenvalue weighted by Gasteiger charge is -2.20. The first-order chi connectivity index (χ1) is 9.33. The third-order valence-electron chi connectivity index (χ3n) is 4.98. The van der Waals surface area contributed by atoms with Gasteiger partial charge in [-0.1, -0.05) is 36.8 Å². The molecule has 2 heteroatoms. The minimum absolute atomic E-state index is 0.0208. The van der Waals surface area contributed by atoms with Crippen molar-refractivity contribution in [2.45, 2.75) is 44.1 Å². The molecular weight excluding hydrogens is 234 g/mol. The lowest BCUT2D eigenvalue weighted by molar-refractivity contribution is 0.120. The third-order valence-corrected chi connectivity index (χ3v) is 4.98. The standard InChI is InChI=1S/C17H25NO/c19-17-8-4-7-15(17)9-11-18-12-10-16(13-18)14-5-2-1-3-6-14/h1-3,5-6,15-17,19H,4,7-13H2. The molecule has 0 aromatic heterocycles. The fourth-order valence-corrected chi connectivity index (χ4v) is 3.74. The van der Waals surface area contributed by atoms with Gasteiger partial charge < -0.3 is 10.0 Å². The highest BCUT2D eigenvalue weighted by Crippen LogP contribution is 2.31. The minimum atomic E-state index is -0.0208. The summed E-state index contributed by atoms with van der Waals surface area (Å²) in [4.78, 5) is 2.59. The van der Waals surface area contributed by atoms with E-state index in [2.05, 4.69) is 35.2 Å². The van der Waals surface area contributed by atoms with Gasteiger partial charge in [0.25, 0.3) is 0 Å². The van der Waals surface area contributed by atoms with Crippen LogP contribution in [-0.4, -0.2) is 35.7 Å². The van der Waals surface area contributed by atoms with E-state index in [1.807, 2.05) is 0 Å². The van der Waals surface area contributed by atoms with E-state index in [4.69, 9.17) is 0 Å². The summed E-state index contributed by atoms with van der Waals surface area (Å²) < 4.78 is 0. The number of aliphatic hydroxyl groups excluding tert-OH is 1. The van der Waals surface area contributed by atoms with E-state index in [-0.39, 0.29) is 6.10 Å². The van der Waals surface area contributed by atoms with E-state index in [0.29, 0.717) is 5.92 Å². The molecule has 0 radical (unpaired) electrons. The Hall–Kier alpha value is -0.860. The Kier molecular flexibility index (Phi) is 4.19. The van der Waals surface area contributed by atoms with Gasteiger partial charge in [0.1, 0.15) is 0 Å². The van der Waals surface area contributed by atoms with Gasteiger partial charge in [-0.05, 0) is 56.2 Å². The summed E-state index contributed by atoms with van der Waals surface area (Å²) in [6.45, 7) is 3.60. The van der Waals surface area contributed by atoms with E-state index in [0.717, 1.165) is 12.3 Å². The quantitative estimate of drug-likeness (QED) is 0.898. The van der Waals surface area contributed by atoms with Gasteiger partial charge in [0, 0.05) is 6.54 Å². The van der Waals surface area contributed by atoms with Crippen LogP contribution in [0.25, 0.3) is 0 Å². The van der Waals surface area contributed by atoms with Crippen LogP contribution < -0.4 is 0 Å². The fraction of sp³-hybridized carbons (Fsp3) is 0.647. The molecule has 1 heterocycles. The molecule has 1 N–H and O–H groups in total. The van der Waals surface area contributed by atoms with Gasteiger partial charge in [-0.15, -0.1) is 0 Å². The predicted octanol–water partition coefficient (Wildman–Crippen LogP) is 3.03. The Morgan fingerprint density at radius 2 is 1.95 bits per heavy atom. The molecule has 2 fully saturated rings. The fourth-order valence-electron chi connectivity index (χ4n) is 3.74. The van der Waals surface area contributed by atoms with Crippen molar-refractivity contribution in [2.24, 2.45) is 5.92 Å². The van der Waals surface area contributed by atoms with Gasteiger partial charge in [0.15, 0.2) is 0 Å². The Bertz CT molecular complexity index is 392. The summed E-state index contributed by atoms with van der Waals surface area (Å²) >= 11 is 0. The number of aliphatic hydroxyl groups is 1. The van der Waals surface area contributed by atoms with E-state index in [9.17, 15) is 5.11 Å². The maximum Gasteiger partial charge on any atom is 0.0568 e. The van der Waals surface area contributed by atoms with Crippen LogP contribution in [0.4, 0.5) is 0 Å². The molecule has 3 atom stereocenters. The van der Waals surface area contributed by atoms with Crippen LogP contribution in [0.2, 0.25) is 0 Å². The van der Waals surface area contributed by atoms with Crippen molar-refractivity contribution in [1.29, 1.82) is 0 Å². The topological polar surface area (TPSA) is 23.5 Å². The van der Waals surface area contributed by atoms with Gasteiger partial charge >= 0.3 is 0 Å². The number of rotatable bonds is 4. The second-order valence-electron chi connectivity index (χ2n) is 6.24. The first-order valence-electron chi connectivity index (χ1n) is 7.78. The Morgan fingerprint density at radius 3 is 2.68 bits per heavy atom. The monoisotopic (exact) mass is 259 g/mol. The molecule has 1 saturated heterocycles. The molecule has 1 aliphatic carbocycles. The average molecular weight is 259 g/mol. The van der Waals surface area contributed by atoms with Crippen molar-refractivity contribution >= 4 is 0 Å². The first-order valence-corrected chi connectivity index (χ1v) is 7.78. The predicted molar refractivity (Wildman–Crippen MR) is 78.2 cm³/mol. The maximum absolute atomic E-state index is 9.87. The van der Waals surface area contributed by atoms with Crippen LogP contribution in [0, 0.1) is 5.92 Å². The lowest BCUT2D eigenvalue weighted by atomic mass is 9.99. The molecule has 3 unspecified atom stereocenters. The van der Waals surface area contributed by atoms with E-state index in [1.165, 1.54) is 50.9 Å². The highest BCUT2D eigenvalue weighted by atomic mass is 16.3. The summed E-state index contributed by atoms with van der Waals surface area (Å²) in [7, 11) is 0. The minimum Gasteiger partial charge on any atom is -0.393 e. The molecule has 2 aliphatic rings. The molecule has 1 aliphatic heterocycles. The molecule has 0 amide bonds. The summed E-state index contributed by atoms with van der Waals surface area (Å²) in [6.07, 6.45) is 5.93. The summed E-state index contributed by atoms with van der Waals surface area (Å²) in [5.41, 5.74) is 1.49. The van der Waals surface area contributed by atoms with Crippen LogP contribution in [0.3, 0.4) is 0 Å². The Balaban J connectivity index is 1.47. The van der Waals surface area contributed by atoms with Crippen molar-refractivity contribution in [3.8, 4) is 0 Å². The summed E-state index contributed by atoms with van der Waals surface area (Å²) in [5.74, 6) is 1.28. The number of hydrogen-bond acceptors (Lipinski definition) is 2. The number of likely N-dealkylation sites (tertiary alicyclic amines) is 1. The highest BCUT2D eigenvalue weighted by molar-refractivity contribution is 5.20. The van der Waals surface area contributed by atoms with Crippen LogP contribution in [0.5, 0.6) is 0 Å². The second kappa shape index (κ2) is 6.06. The van der Waals surface area contributed by atoms with Crippen molar-refractivity contribution in [2.75, 3.05) is 19.6 Å². The number of benzene rings is 1. The van der Waals surface area contributed by atoms with Gasteiger partial charge in [-0.3, -0.25) is 0 Å². The van der Waals surface area contributed by atoms with Gasteiger partial charge in [-0.2, -0.15) is 0 Å². The van der Waals surface area contributed by atoms with Crippen molar-refractivity contribution < 1.29 is 5.11 Å². The van der Waals surface area contributed by atoms with Crippen molar-refractivity contribution in [1.82, 2.24) is 4.90 Å². The third kappa shape index (κ3) is 3.18. The molecule has 0 spiro atoms. The molecule has 3 rings (SSSR count). The second-order valence-corrected chi connectivity index (χ2v) is 6.24. The zero-order chi connectivity index (χ0) is 13.1.